The van der Waals surface area contributed by atoms with Crippen LogP contribution in [-0.4, -0.2) is 57.2 Å². The summed E-state index contributed by atoms with van der Waals surface area (Å²) in [6, 6.07) is 30.3. The van der Waals surface area contributed by atoms with Crippen molar-refractivity contribution in [1.29, 1.82) is 0 Å². The summed E-state index contributed by atoms with van der Waals surface area (Å²) in [6.45, 7) is 14.6. The number of nitrogens with two attached hydrogens (primary N) is 1. The number of hydrogen-bond acceptors (Lipinski definition) is 11. The highest BCUT2D eigenvalue weighted by Gasteiger charge is 2.13. The molecule has 64 heavy (non-hydrogen) atoms. The molecule has 0 aliphatic carbocycles. The minimum absolute atomic E-state index is 0. The van der Waals surface area contributed by atoms with Crippen LogP contribution in [0.4, 0.5) is 26.0 Å². The first kappa shape index (κ1) is 46.1. The van der Waals surface area contributed by atoms with Crippen LogP contribution in [0.5, 0.6) is 0 Å². The van der Waals surface area contributed by atoms with E-state index in [4.69, 9.17) is 24.0 Å². The lowest BCUT2D eigenvalue weighted by atomic mass is 9.99. The minimum atomic E-state index is -0.960. The zero-order valence-corrected chi connectivity index (χ0v) is 33.0. The van der Waals surface area contributed by atoms with Crippen LogP contribution in [-0.2, 0) is 28.9 Å². The smallest absolute Gasteiger partial charge is 0.307 e. The van der Waals surface area contributed by atoms with E-state index in [0.29, 0.717) is 56.4 Å². The molecule has 0 spiro atoms. The van der Waals surface area contributed by atoms with Gasteiger partial charge >= 0.3 is 5.97 Å². The molecule has 8 rings (SSSR count). The van der Waals surface area contributed by atoms with Gasteiger partial charge in [0.25, 0.3) is 0 Å². The molecule has 6 heterocycles. The summed E-state index contributed by atoms with van der Waals surface area (Å²) >= 11 is 0. The highest BCUT2D eigenvalue weighted by atomic mass is 19.1. The molecule has 14 nitrogen and oxygen atoms in total. The van der Waals surface area contributed by atoms with Gasteiger partial charge in [-0.1, -0.05) is 49.4 Å². The van der Waals surface area contributed by atoms with Crippen LogP contribution in [0.1, 0.15) is 24.2 Å². The molecule has 2 aromatic carbocycles. The number of aromatic nitrogens is 8. The molecular weight excluding hydrogens is 817 g/mol. The Kier molecular flexibility index (Phi) is 16.2. The lowest BCUT2D eigenvalue weighted by Gasteiger charge is -2.08. The third-order valence-electron chi connectivity index (χ3n) is 8.92. The zero-order valence-electron chi connectivity index (χ0n) is 33.0. The zero-order chi connectivity index (χ0) is 44.6. The Morgan fingerprint density at radius 1 is 0.578 bits per heavy atom. The Bertz CT molecular complexity index is 2930. The molecule has 0 saturated carbocycles. The average molecular weight is 854 g/mol. The number of hydrogen-bond donors (Lipinski definition) is 2. The highest BCUT2D eigenvalue weighted by Crippen LogP contribution is 2.33. The number of carbonyl (C=O) groups is 2. The second-order valence-electron chi connectivity index (χ2n) is 13.4. The van der Waals surface area contributed by atoms with Crippen molar-refractivity contribution in [2.75, 3.05) is 5.73 Å². The van der Waals surface area contributed by atoms with E-state index in [-0.39, 0.29) is 32.5 Å². The summed E-state index contributed by atoms with van der Waals surface area (Å²) in [5.74, 6) is -1.70. The number of carboxylic acid groups (broad SMARTS) is 1. The van der Waals surface area contributed by atoms with Crippen molar-refractivity contribution >= 4 is 28.9 Å². The molecule has 0 aliphatic heterocycles. The van der Waals surface area contributed by atoms with Gasteiger partial charge in [-0.05, 0) is 101 Å². The molecule has 0 fully saturated rings. The lowest BCUT2D eigenvalue weighted by Crippen LogP contribution is -2.08. The Hall–Kier alpha value is -9.02. The number of Topliss-reactive ketones (excluding diaryl/α,β-unsaturated/α-hetero) is 1. The number of rotatable bonds is 10. The van der Waals surface area contributed by atoms with Crippen molar-refractivity contribution in [1.82, 2.24) is 40.3 Å². The maximum atomic E-state index is 13.4. The van der Waals surface area contributed by atoms with Crippen LogP contribution in [0.15, 0.2) is 146 Å². The fourth-order valence-corrected chi connectivity index (χ4v) is 6.00. The molecule has 0 unspecified atom stereocenters. The molecule has 16 heteroatoms. The van der Waals surface area contributed by atoms with Crippen LogP contribution in [0.3, 0.4) is 0 Å². The van der Waals surface area contributed by atoms with Crippen LogP contribution in [0, 0.1) is 25.0 Å². The van der Waals surface area contributed by atoms with Crippen molar-refractivity contribution in [3.05, 3.63) is 198 Å². The fraction of sp³-hybridized carbons (Fsp3) is 0.0833. The highest BCUT2D eigenvalue weighted by molar-refractivity contribution is 5.85. The van der Waals surface area contributed by atoms with Crippen LogP contribution in [0.25, 0.3) is 54.5 Å². The second-order valence-corrected chi connectivity index (χ2v) is 13.4. The van der Waals surface area contributed by atoms with Gasteiger partial charge in [0.15, 0.2) is 11.4 Å². The maximum Gasteiger partial charge on any atom is 0.307 e. The van der Waals surface area contributed by atoms with Gasteiger partial charge in [0.2, 0.25) is 11.9 Å². The van der Waals surface area contributed by atoms with Crippen molar-refractivity contribution in [2.45, 2.75) is 26.7 Å². The van der Waals surface area contributed by atoms with Crippen LogP contribution in [0.2, 0.25) is 0 Å². The van der Waals surface area contributed by atoms with E-state index in [1.807, 2.05) is 30.3 Å². The molecule has 0 aliphatic rings. The standard InChI is InChI=1S/C24H16FN5O.C14H9FN2O2.C9H8N4.CH4/c1-26-23-12-16(4-7-21(23)17-8-10-27-24(25)13-17)11-20(31)14-19-6-5-18(15-28-19)22-3-2-9-29-30-22;1-16-12-6-9(7-14(18)19)2-3-11(12)10-4-5-17-13(15)8-10;10-9-4-3-7(6-11-9)8-2-1-5-12-13-8;/h2-10,12-13,15H,11,14H2;2-6,8H,7H2,(H,18,19);1-6H,(H2,10,11);1H4. The van der Waals surface area contributed by atoms with Gasteiger partial charge in [-0.25, -0.2) is 24.6 Å². The van der Waals surface area contributed by atoms with Crippen molar-refractivity contribution in [3.63, 3.8) is 0 Å². The second kappa shape index (κ2) is 22.5. The maximum absolute atomic E-state index is 13.4. The van der Waals surface area contributed by atoms with E-state index in [1.165, 1.54) is 30.6 Å². The summed E-state index contributed by atoms with van der Waals surface area (Å²) in [5, 5.41) is 24.3. The number of aliphatic carboxylic acids is 1. The Morgan fingerprint density at radius 3 is 1.52 bits per heavy atom. The Labute approximate surface area is 366 Å². The largest absolute Gasteiger partial charge is 0.481 e. The summed E-state index contributed by atoms with van der Waals surface area (Å²) < 4.78 is 26.5. The quantitative estimate of drug-likeness (QED) is 0.0980. The van der Waals surface area contributed by atoms with Crippen molar-refractivity contribution in [2.24, 2.45) is 0 Å². The molecule has 0 saturated heterocycles. The van der Waals surface area contributed by atoms with Crippen molar-refractivity contribution < 1.29 is 23.5 Å². The monoisotopic (exact) mass is 853 g/mol. The summed E-state index contributed by atoms with van der Waals surface area (Å²) in [6.07, 6.45) is 9.49. The van der Waals surface area contributed by atoms with E-state index in [2.05, 4.69) is 50.0 Å². The number of anilines is 1. The summed E-state index contributed by atoms with van der Waals surface area (Å²) in [4.78, 5) is 45.4. The number of carbonyl (C=O) groups excluding carboxylic acids is 1. The lowest BCUT2D eigenvalue weighted by molar-refractivity contribution is -0.136. The normalized spacial score (nSPS) is 10.0. The first-order chi connectivity index (χ1) is 30.6. The number of benzene rings is 2. The molecular formula is C48H37F2N11O3. The first-order valence-corrected chi connectivity index (χ1v) is 18.8. The van der Waals surface area contributed by atoms with Crippen LogP contribution >= 0.6 is 0 Å². The third kappa shape index (κ3) is 13.0. The fourth-order valence-electron chi connectivity index (χ4n) is 6.00. The van der Waals surface area contributed by atoms with E-state index < -0.39 is 17.9 Å². The number of nitrogen functional groups attached to an aromatic ring is 1. The van der Waals surface area contributed by atoms with Gasteiger partial charge in [0.1, 0.15) is 11.6 Å². The predicted molar refractivity (Wildman–Crippen MR) is 237 cm³/mol. The van der Waals surface area contributed by atoms with E-state index >= 15 is 0 Å². The van der Waals surface area contributed by atoms with Gasteiger partial charge in [-0.3, -0.25) is 14.6 Å². The average Bonchev–Trinajstić information content (AvgIpc) is 3.30. The number of pyridine rings is 4. The van der Waals surface area contributed by atoms with E-state index in [0.717, 1.165) is 22.4 Å². The molecule has 0 amide bonds. The van der Waals surface area contributed by atoms with Gasteiger partial charge in [0.05, 0.1) is 31.0 Å². The summed E-state index contributed by atoms with van der Waals surface area (Å²) in [5.41, 5.74) is 13.6. The number of halogens is 2. The van der Waals surface area contributed by atoms with Gasteiger partial charge in [0, 0.05) is 66.8 Å². The molecule has 0 radical (unpaired) electrons. The van der Waals surface area contributed by atoms with Crippen LogP contribution < -0.4 is 5.73 Å². The van der Waals surface area contributed by atoms with Gasteiger partial charge < -0.3 is 10.8 Å². The first-order valence-electron chi connectivity index (χ1n) is 18.8. The van der Waals surface area contributed by atoms with E-state index in [9.17, 15) is 18.4 Å². The van der Waals surface area contributed by atoms with Crippen molar-refractivity contribution in [3.8, 4) is 44.8 Å². The molecule has 3 N–H and O–H groups in total. The third-order valence-corrected chi connectivity index (χ3v) is 8.92. The Balaban J connectivity index is 0.000000198. The topological polar surface area (TPSA) is 192 Å². The number of carboxylic acids is 1. The minimum Gasteiger partial charge on any atom is -0.481 e. The summed E-state index contributed by atoms with van der Waals surface area (Å²) in [7, 11) is 0. The molecule has 316 valence electrons. The van der Waals surface area contributed by atoms with Gasteiger partial charge in [-0.2, -0.15) is 29.2 Å². The predicted octanol–water partition coefficient (Wildman–Crippen LogP) is 9.47. The molecule has 0 bridgehead atoms. The number of nitrogens with zero attached hydrogens (tertiary/aromatic N) is 10. The number of ketones is 1. The molecule has 8 aromatic rings. The molecule has 6 aromatic heterocycles. The Morgan fingerprint density at radius 2 is 1.09 bits per heavy atom. The molecule has 0 atom stereocenters. The SMILES string of the molecule is C.Nc1ccc(-c2cccnn2)cn1.[C-]#[N+]c1cc(CC(=O)Cc2ccc(-c3cccnn3)cn2)ccc1-c1ccnc(F)c1.[C-]#[N+]c1cc(CC(=O)O)ccc1-c1ccnc(F)c1. The van der Waals surface area contributed by atoms with E-state index in [1.54, 1.807) is 85.5 Å². The van der Waals surface area contributed by atoms with Gasteiger partial charge in [-0.15, -0.1) is 0 Å².